The first kappa shape index (κ1) is 8.60. The number of hydrogen-bond donors (Lipinski definition) is 0. The zero-order valence-electron chi connectivity index (χ0n) is 6.16. The van der Waals surface area contributed by atoms with E-state index in [4.69, 9.17) is 5.26 Å². The Morgan fingerprint density at radius 2 is 1.83 bits per heavy atom. The minimum atomic E-state index is -1.24. The van der Waals surface area contributed by atoms with Crippen molar-refractivity contribution in [3.05, 3.63) is 34.6 Å². The molecule has 0 amide bonds. The molecule has 0 aliphatic rings. The van der Waals surface area contributed by atoms with Crippen LogP contribution in [0, 0.1) is 35.7 Å². The molecule has 0 heterocycles. The van der Waals surface area contributed by atoms with Gasteiger partial charge in [0.05, 0.1) is 5.56 Å². The molecule has 12 heavy (non-hydrogen) atoms. The van der Waals surface area contributed by atoms with Crippen LogP contribution in [0.2, 0.25) is 0 Å². The van der Waals surface area contributed by atoms with Gasteiger partial charge in [0.25, 0.3) is 0 Å². The Kier molecular flexibility index (Phi) is 2.05. The van der Waals surface area contributed by atoms with Gasteiger partial charge in [-0.3, -0.25) is 0 Å². The summed E-state index contributed by atoms with van der Waals surface area (Å²) in [7, 11) is 0. The van der Waals surface area contributed by atoms with E-state index in [1.165, 1.54) is 6.07 Å². The molecule has 0 bridgehead atoms. The summed E-state index contributed by atoms with van der Waals surface area (Å²) in [5.41, 5.74) is -0.946. The number of hydrogen-bond acceptors (Lipinski definition) is 1. The van der Waals surface area contributed by atoms with Gasteiger partial charge in [0, 0.05) is 5.56 Å². The van der Waals surface area contributed by atoms with E-state index >= 15 is 0 Å². The zero-order chi connectivity index (χ0) is 9.30. The summed E-state index contributed by atoms with van der Waals surface area (Å²) in [5, 5.41) is 8.28. The average molecular weight is 171 g/mol. The van der Waals surface area contributed by atoms with E-state index < -0.39 is 28.6 Å². The van der Waals surface area contributed by atoms with Crippen molar-refractivity contribution in [2.24, 2.45) is 0 Å². The molecule has 0 aromatic heterocycles. The van der Waals surface area contributed by atoms with Crippen molar-refractivity contribution in [1.29, 1.82) is 5.26 Å². The largest absolute Gasteiger partial charge is 0.205 e. The van der Waals surface area contributed by atoms with Crippen molar-refractivity contribution in [3.8, 4) is 6.07 Å². The molecule has 1 aromatic rings. The van der Waals surface area contributed by atoms with Gasteiger partial charge in [-0.05, 0) is 13.0 Å². The van der Waals surface area contributed by atoms with E-state index in [1.807, 2.05) is 0 Å². The molecule has 0 fully saturated rings. The molecule has 0 aliphatic heterocycles. The highest BCUT2D eigenvalue weighted by Crippen LogP contribution is 2.18. The van der Waals surface area contributed by atoms with Gasteiger partial charge in [-0.2, -0.15) is 5.26 Å². The minimum Gasteiger partial charge on any atom is -0.205 e. The third kappa shape index (κ3) is 1.14. The van der Waals surface area contributed by atoms with Crippen LogP contribution in [0.4, 0.5) is 13.2 Å². The second-order valence-electron chi connectivity index (χ2n) is 2.27. The van der Waals surface area contributed by atoms with Gasteiger partial charge in [-0.25, -0.2) is 13.2 Å². The van der Waals surface area contributed by atoms with Gasteiger partial charge in [-0.15, -0.1) is 0 Å². The Balaban J connectivity index is 3.52. The summed E-state index contributed by atoms with van der Waals surface area (Å²) in [5.74, 6) is -3.45. The monoisotopic (exact) mass is 171 g/mol. The number of nitriles is 1. The fraction of sp³-hybridized carbons (Fsp3) is 0.125. The van der Waals surface area contributed by atoms with Crippen LogP contribution in [0.5, 0.6) is 0 Å². The van der Waals surface area contributed by atoms with E-state index in [2.05, 4.69) is 0 Å². The summed E-state index contributed by atoms with van der Waals surface area (Å²) in [6.07, 6.45) is 0. The molecular formula is C8H4F3N. The number of nitrogens with zero attached hydrogens (tertiary/aromatic N) is 1. The normalized spacial score (nSPS) is 9.58. The van der Waals surface area contributed by atoms with E-state index in [1.54, 1.807) is 0 Å². The van der Waals surface area contributed by atoms with Crippen molar-refractivity contribution < 1.29 is 13.2 Å². The minimum absolute atomic E-state index is 0.466. The van der Waals surface area contributed by atoms with Crippen molar-refractivity contribution >= 4 is 0 Å². The maximum atomic E-state index is 12.8. The smallest absolute Gasteiger partial charge is 0.164 e. The van der Waals surface area contributed by atoms with Gasteiger partial charge in [0.1, 0.15) is 11.9 Å². The van der Waals surface area contributed by atoms with Gasteiger partial charge >= 0.3 is 0 Å². The predicted molar refractivity (Wildman–Crippen MR) is 35.8 cm³/mol. The first-order chi connectivity index (χ1) is 5.57. The molecule has 4 heteroatoms. The van der Waals surface area contributed by atoms with Gasteiger partial charge in [-0.1, -0.05) is 0 Å². The highest BCUT2D eigenvalue weighted by molar-refractivity contribution is 5.35. The second-order valence-corrected chi connectivity index (χ2v) is 2.27. The van der Waals surface area contributed by atoms with Crippen molar-refractivity contribution in [2.45, 2.75) is 6.92 Å². The molecule has 1 rings (SSSR count). The lowest BCUT2D eigenvalue weighted by Crippen LogP contribution is -1.97. The summed E-state index contributed by atoms with van der Waals surface area (Å²) >= 11 is 0. The maximum Gasteiger partial charge on any atom is 0.164 e. The zero-order valence-corrected chi connectivity index (χ0v) is 6.16. The fourth-order valence-corrected chi connectivity index (χ4v) is 0.812. The Bertz CT molecular complexity index is 366. The standard InChI is InChI=1S/C8H4F3N/c1-4-7(10)5(3-12)2-6(9)8(4)11/h2H,1H3. The van der Waals surface area contributed by atoms with Crippen LogP contribution in [0.3, 0.4) is 0 Å². The summed E-state index contributed by atoms with van der Waals surface area (Å²) in [4.78, 5) is 0. The Morgan fingerprint density at radius 1 is 1.25 bits per heavy atom. The van der Waals surface area contributed by atoms with Crippen molar-refractivity contribution in [3.63, 3.8) is 0 Å². The second kappa shape index (κ2) is 2.86. The molecule has 0 spiro atoms. The van der Waals surface area contributed by atoms with Crippen LogP contribution in [0.25, 0.3) is 0 Å². The molecule has 1 aromatic carbocycles. The molecule has 0 atom stereocenters. The Labute approximate surface area is 67.1 Å². The third-order valence-electron chi connectivity index (χ3n) is 1.50. The predicted octanol–water partition coefficient (Wildman–Crippen LogP) is 2.28. The lowest BCUT2D eigenvalue weighted by Gasteiger charge is -2.00. The average Bonchev–Trinajstić information content (AvgIpc) is 2.08. The molecule has 0 aliphatic carbocycles. The van der Waals surface area contributed by atoms with E-state index in [9.17, 15) is 13.2 Å². The fourth-order valence-electron chi connectivity index (χ4n) is 0.812. The van der Waals surface area contributed by atoms with Crippen LogP contribution in [-0.2, 0) is 0 Å². The first-order valence-corrected chi connectivity index (χ1v) is 3.12. The first-order valence-electron chi connectivity index (χ1n) is 3.12. The quantitative estimate of drug-likeness (QED) is 0.549. The number of halogens is 3. The summed E-state index contributed by atoms with van der Waals surface area (Å²) < 4.78 is 37.9. The molecule has 62 valence electrons. The molecule has 0 unspecified atom stereocenters. The summed E-state index contributed by atoms with van der Waals surface area (Å²) in [6, 6.07) is 1.96. The van der Waals surface area contributed by atoms with Crippen LogP contribution in [0.15, 0.2) is 6.07 Å². The topological polar surface area (TPSA) is 23.8 Å². The van der Waals surface area contributed by atoms with Gasteiger partial charge < -0.3 is 0 Å². The number of rotatable bonds is 0. The van der Waals surface area contributed by atoms with Gasteiger partial charge in [0.15, 0.2) is 11.6 Å². The molecule has 0 saturated carbocycles. The molecule has 0 N–H and O–H groups in total. The van der Waals surface area contributed by atoms with Crippen LogP contribution < -0.4 is 0 Å². The summed E-state index contributed by atoms with van der Waals surface area (Å²) in [6.45, 7) is 1.08. The molecular weight excluding hydrogens is 167 g/mol. The highest BCUT2D eigenvalue weighted by atomic mass is 19.2. The Hall–Kier alpha value is -1.50. The van der Waals surface area contributed by atoms with E-state index in [0.29, 0.717) is 6.07 Å². The number of benzene rings is 1. The van der Waals surface area contributed by atoms with Crippen LogP contribution >= 0.6 is 0 Å². The Morgan fingerprint density at radius 3 is 2.33 bits per heavy atom. The van der Waals surface area contributed by atoms with Crippen LogP contribution in [0.1, 0.15) is 11.1 Å². The lowest BCUT2D eigenvalue weighted by atomic mass is 10.1. The van der Waals surface area contributed by atoms with Crippen molar-refractivity contribution in [1.82, 2.24) is 0 Å². The van der Waals surface area contributed by atoms with E-state index in [-0.39, 0.29) is 0 Å². The molecule has 0 radical (unpaired) electrons. The van der Waals surface area contributed by atoms with Crippen LogP contribution in [-0.4, -0.2) is 0 Å². The molecule has 0 saturated heterocycles. The lowest BCUT2D eigenvalue weighted by molar-refractivity contribution is 0.485. The van der Waals surface area contributed by atoms with Gasteiger partial charge in [0.2, 0.25) is 0 Å². The molecule has 1 nitrogen and oxygen atoms in total. The maximum absolute atomic E-state index is 12.8. The highest BCUT2D eigenvalue weighted by Gasteiger charge is 2.14. The van der Waals surface area contributed by atoms with E-state index in [0.717, 1.165) is 6.92 Å². The third-order valence-corrected chi connectivity index (χ3v) is 1.50. The SMILES string of the molecule is Cc1c(F)c(F)cc(C#N)c1F. The van der Waals surface area contributed by atoms with Crippen molar-refractivity contribution in [2.75, 3.05) is 0 Å².